The molecule has 0 aromatic carbocycles. The van der Waals surface area contributed by atoms with E-state index in [2.05, 4.69) is 93.7 Å². The maximum atomic E-state index is 13.0. The number of hydrogen-bond acceptors (Lipinski definition) is 6. The van der Waals surface area contributed by atoms with Crippen molar-refractivity contribution in [3.63, 3.8) is 0 Å². The van der Waals surface area contributed by atoms with E-state index in [0.717, 1.165) is 103 Å². The molecule has 1 unspecified atom stereocenters. The van der Waals surface area contributed by atoms with Gasteiger partial charge in [0.15, 0.2) is 6.10 Å². The van der Waals surface area contributed by atoms with Crippen LogP contribution in [0, 0.1) is 0 Å². The Morgan fingerprint density at radius 2 is 0.470 bits per heavy atom. The third-order valence-electron chi connectivity index (χ3n) is 16.2. The van der Waals surface area contributed by atoms with Crippen molar-refractivity contribution in [3.05, 3.63) is 72.9 Å². The van der Waals surface area contributed by atoms with Crippen LogP contribution >= 0.6 is 0 Å². The number of unbranched alkanes of at least 4 members (excludes halogenated alkanes) is 44. The summed E-state index contributed by atoms with van der Waals surface area (Å²) in [6.45, 7) is 6.56. The van der Waals surface area contributed by atoms with Crippen LogP contribution in [0.25, 0.3) is 0 Å². The standard InChI is InChI=1S/C77H138O6/c1-4-7-10-13-16-19-22-25-28-31-33-35-37-38-39-41-42-44-46-49-52-55-58-61-64-67-70-76(79)82-73-74(72-81-75(78)69-66-63-60-57-54-51-48-30-27-24-21-18-15-12-9-6-3)83-77(80)71-68-65-62-59-56-53-50-47-45-43-40-36-34-32-29-26-23-20-17-14-11-8-5-2/h8,11,17,20-21,24,26,29-30,34,36,48,74H,4-7,9-10,12-16,18-19,22-23,25,27-28,31-33,35,37-47,49-73H2,1-3H3/b11-8-,20-17-,24-21-,29-26-,36-34-,48-30-. The first-order chi connectivity index (χ1) is 41.0. The van der Waals surface area contributed by atoms with Crippen molar-refractivity contribution in [1.82, 2.24) is 0 Å². The largest absolute Gasteiger partial charge is 0.462 e. The van der Waals surface area contributed by atoms with Gasteiger partial charge in [-0.3, -0.25) is 14.4 Å². The topological polar surface area (TPSA) is 78.9 Å². The molecule has 0 bridgehead atoms. The number of hydrogen-bond donors (Lipinski definition) is 0. The Morgan fingerprint density at radius 1 is 0.253 bits per heavy atom. The number of carbonyl (C=O) groups excluding carboxylic acids is 3. The molecular formula is C77H138O6. The summed E-state index contributed by atoms with van der Waals surface area (Å²) < 4.78 is 17.0. The lowest BCUT2D eigenvalue weighted by atomic mass is 10.0. The van der Waals surface area contributed by atoms with Gasteiger partial charge in [-0.25, -0.2) is 0 Å². The highest BCUT2D eigenvalue weighted by Gasteiger charge is 2.19. The molecule has 482 valence electrons. The molecule has 0 amide bonds. The predicted octanol–water partition coefficient (Wildman–Crippen LogP) is 25.2. The van der Waals surface area contributed by atoms with Crippen LogP contribution in [0.15, 0.2) is 72.9 Å². The lowest BCUT2D eigenvalue weighted by Crippen LogP contribution is -2.30. The van der Waals surface area contributed by atoms with E-state index in [0.29, 0.717) is 19.3 Å². The minimum Gasteiger partial charge on any atom is -0.462 e. The Morgan fingerprint density at radius 3 is 0.747 bits per heavy atom. The van der Waals surface area contributed by atoms with Gasteiger partial charge >= 0.3 is 17.9 Å². The molecule has 6 nitrogen and oxygen atoms in total. The molecule has 0 rings (SSSR count). The first-order valence-corrected chi connectivity index (χ1v) is 36.4. The first-order valence-electron chi connectivity index (χ1n) is 36.4. The molecule has 0 fully saturated rings. The van der Waals surface area contributed by atoms with Crippen LogP contribution in [-0.2, 0) is 28.6 Å². The number of esters is 3. The van der Waals surface area contributed by atoms with Gasteiger partial charge in [0, 0.05) is 19.3 Å². The molecule has 83 heavy (non-hydrogen) atoms. The Hall–Kier alpha value is -3.15. The summed E-state index contributed by atoms with van der Waals surface area (Å²) in [7, 11) is 0. The molecule has 0 spiro atoms. The predicted molar refractivity (Wildman–Crippen MR) is 362 cm³/mol. The normalized spacial score (nSPS) is 12.5. The zero-order valence-corrected chi connectivity index (χ0v) is 55.5. The summed E-state index contributed by atoms with van der Waals surface area (Å²) in [6, 6.07) is 0. The van der Waals surface area contributed by atoms with Crippen molar-refractivity contribution >= 4 is 17.9 Å². The average Bonchev–Trinajstić information content (AvgIpc) is 3.50. The highest BCUT2D eigenvalue weighted by molar-refractivity contribution is 5.71. The van der Waals surface area contributed by atoms with E-state index in [1.807, 2.05) is 0 Å². The van der Waals surface area contributed by atoms with Gasteiger partial charge in [0.2, 0.25) is 0 Å². The smallest absolute Gasteiger partial charge is 0.306 e. The van der Waals surface area contributed by atoms with Gasteiger partial charge in [-0.15, -0.1) is 0 Å². The highest BCUT2D eigenvalue weighted by atomic mass is 16.6. The Kier molecular flexibility index (Phi) is 68.6. The van der Waals surface area contributed by atoms with Crippen LogP contribution in [0.1, 0.15) is 380 Å². The average molecular weight is 1160 g/mol. The SMILES string of the molecule is CC/C=C\C/C=C\C/C=C\C/C=C\CCCCCCCCCCCCC(=O)OC(COC(=O)CCCCCCC/C=C\C/C=C\CCCCCC)COC(=O)CCCCCCCCCCCCCCCCCCCCCCCCCCCC. The molecule has 1 atom stereocenters. The maximum Gasteiger partial charge on any atom is 0.306 e. The maximum absolute atomic E-state index is 13.0. The van der Waals surface area contributed by atoms with Crippen LogP contribution in [-0.4, -0.2) is 37.2 Å². The fraction of sp³-hybridized carbons (Fsp3) is 0.805. The Labute approximate surface area is 516 Å². The van der Waals surface area contributed by atoms with E-state index in [1.54, 1.807) is 0 Å². The second kappa shape index (κ2) is 71.3. The van der Waals surface area contributed by atoms with Gasteiger partial charge in [-0.1, -0.05) is 344 Å². The molecule has 0 aromatic heterocycles. The highest BCUT2D eigenvalue weighted by Crippen LogP contribution is 2.18. The molecule has 0 saturated carbocycles. The molecule has 0 aliphatic rings. The van der Waals surface area contributed by atoms with Gasteiger partial charge in [-0.2, -0.15) is 0 Å². The van der Waals surface area contributed by atoms with Crippen LogP contribution in [0.4, 0.5) is 0 Å². The Bertz CT molecular complexity index is 1520. The lowest BCUT2D eigenvalue weighted by Gasteiger charge is -2.18. The minimum absolute atomic E-state index is 0.0778. The van der Waals surface area contributed by atoms with Crippen LogP contribution in [0.2, 0.25) is 0 Å². The van der Waals surface area contributed by atoms with Crippen molar-refractivity contribution in [2.75, 3.05) is 13.2 Å². The zero-order valence-electron chi connectivity index (χ0n) is 55.5. The third kappa shape index (κ3) is 69.5. The zero-order chi connectivity index (χ0) is 59.9. The molecule has 0 heterocycles. The quantitative estimate of drug-likeness (QED) is 0.0261. The summed E-state index contributed by atoms with van der Waals surface area (Å²) in [5.74, 6) is -0.873. The number of allylic oxidation sites excluding steroid dienone is 12. The number of ether oxygens (including phenoxy) is 3. The van der Waals surface area contributed by atoms with E-state index < -0.39 is 6.10 Å². The van der Waals surface area contributed by atoms with Crippen LogP contribution in [0.3, 0.4) is 0 Å². The molecule has 0 radical (unpaired) electrons. The van der Waals surface area contributed by atoms with E-state index in [1.165, 1.54) is 238 Å². The summed E-state index contributed by atoms with van der Waals surface area (Å²) >= 11 is 0. The van der Waals surface area contributed by atoms with Gasteiger partial charge < -0.3 is 14.2 Å². The van der Waals surface area contributed by atoms with E-state index in [9.17, 15) is 14.4 Å². The van der Waals surface area contributed by atoms with Crippen LogP contribution in [0.5, 0.6) is 0 Å². The summed E-state index contributed by atoms with van der Waals surface area (Å²) in [5.41, 5.74) is 0. The molecule has 0 N–H and O–H groups in total. The number of rotatable bonds is 67. The van der Waals surface area contributed by atoms with Crippen LogP contribution < -0.4 is 0 Å². The molecule has 0 saturated heterocycles. The van der Waals surface area contributed by atoms with Gasteiger partial charge in [-0.05, 0) is 89.9 Å². The molecule has 0 aliphatic heterocycles. The van der Waals surface area contributed by atoms with Crippen molar-refractivity contribution in [2.45, 2.75) is 386 Å². The fourth-order valence-corrected chi connectivity index (χ4v) is 10.8. The van der Waals surface area contributed by atoms with Crippen molar-refractivity contribution in [2.24, 2.45) is 0 Å². The van der Waals surface area contributed by atoms with Gasteiger partial charge in [0.25, 0.3) is 0 Å². The first kappa shape index (κ1) is 79.8. The van der Waals surface area contributed by atoms with Crippen molar-refractivity contribution in [3.8, 4) is 0 Å². The molecular weight excluding hydrogens is 1020 g/mol. The summed E-state index contributed by atoms with van der Waals surface area (Å²) in [5, 5.41) is 0. The number of carbonyl (C=O) groups is 3. The summed E-state index contributed by atoms with van der Waals surface area (Å²) in [6.07, 6.45) is 93.6. The van der Waals surface area contributed by atoms with Crippen molar-refractivity contribution < 1.29 is 28.6 Å². The summed E-state index contributed by atoms with van der Waals surface area (Å²) in [4.78, 5) is 38.5. The van der Waals surface area contributed by atoms with Gasteiger partial charge in [0.05, 0.1) is 0 Å². The second-order valence-corrected chi connectivity index (χ2v) is 24.5. The second-order valence-electron chi connectivity index (χ2n) is 24.5. The fourth-order valence-electron chi connectivity index (χ4n) is 10.8. The lowest BCUT2D eigenvalue weighted by molar-refractivity contribution is -0.167. The third-order valence-corrected chi connectivity index (χ3v) is 16.2. The minimum atomic E-state index is -0.785. The molecule has 0 aromatic rings. The molecule has 0 aliphatic carbocycles. The van der Waals surface area contributed by atoms with E-state index in [-0.39, 0.29) is 31.1 Å². The van der Waals surface area contributed by atoms with Gasteiger partial charge in [0.1, 0.15) is 13.2 Å². The monoisotopic (exact) mass is 1160 g/mol. The van der Waals surface area contributed by atoms with E-state index >= 15 is 0 Å². The van der Waals surface area contributed by atoms with E-state index in [4.69, 9.17) is 14.2 Å². The van der Waals surface area contributed by atoms with Crippen molar-refractivity contribution in [1.29, 1.82) is 0 Å². The molecule has 6 heteroatoms. The Balaban J connectivity index is 4.30.